The van der Waals surface area contributed by atoms with Crippen molar-refractivity contribution >= 4 is 40.1 Å². The van der Waals surface area contributed by atoms with Crippen LogP contribution in [-0.4, -0.2) is 77.8 Å². The number of fused-ring (bicyclic) bond motifs is 2. The Labute approximate surface area is 298 Å². The Bertz CT molecular complexity index is 1940. The maximum atomic E-state index is 15.1. The van der Waals surface area contributed by atoms with Gasteiger partial charge < -0.3 is 19.7 Å². The van der Waals surface area contributed by atoms with Crippen molar-refractivity contribution in [3.63, 3.8) is 0 Å². The number of hydrogen-bond acceptors (Lipinski definition) is 8. The van der Waals surface area contributed by atoms with Gasteiger partial charge in [0.05, 0.1) is 22.7 Å². The lowest BCUT2D eigenvalue weighted by Gasteiger charge is -2.32. The number of benzene rings is 2. The molecule has 0 bridgehead atoms. The fourth-order valence-electron chi connectivity index (χ4n) is 7.28. The molecule has 1 aromatic heterocycles. The molecule has 1 unspecified atom stereocenters. The molecule has 3 aliphatic rings. The normalized spacial score (nSPS) is 22.2. The van der Waals surface area contributed by atoms with E-state index < -0.39 is 17.5 Å². The first-order valence-corrected chi connectivity index (χ1v) is 17.6. The fraction of sp³-hybridized carbons (Fsp3) is 0.450. The number of esters is 1. The number of ether oxygens (including phenoxy) is 2. The number of alkyl halides is 1. The Balaban J connectivity index is 1.46. The van der Waals surface area contributed by atoms with Crippen LogP contribution in [0, 0.1) is 24.1 Å². The van der Waals surface area contributed by atoms with Crippen molar-refractivity contribution in [2.24, 2.45) is 5.92 Å². The predicted octanol–water partition coefficient (Wildman–Crippen LogP) is 6.27. The molecule has 2 aliphatic heterocycles. The van der Waals surface area contributed by atoms with E-state index >= 15 is 4.39 Å². The predicted molar refractivity (Wildman–Crippen MR) is 195 cm³/mol. The molecule has 1 amide bonds. The Morgan fingerprint density at radius 2 is 2.02 bits per heavy atom. The number of hydrogen-bond donors (Lipinski definition) is 1. The molecule has 0 spiro atoms. The molecule has 3 aromatic rings. The fourth-order valence-corrected chi connectivity index (χ4v) is 7.28. The van der Waals surface area contributed by atoms with Crippen molar-refractivity contribution in [2.75, 3.05) is 38.2 Å². The lowest BCUT2D eigenvalue weighted by Crippen LogP contribution is -2.44. The lowest BCUT2D eigenvalue weighted by molar-refractivity contribution is -0.137. The van der Waals surface area contributed by atoms with E-state index in [1.165, 1.54) is 12.1 Å². The molecule has 51 heavy (non-hydrogen) atoms. The standard InChI is InChI=1S/C40H45F2N5O4/c1-7-30-33(42)15-13-26-17-29(51-38(49)24(3)4)19-32(36(26)30)25-12-14-31-34(18-25)44-39(50-23-40(5)20-27(41)21-46(40)6)45-37(31)47-16-10-9-11-28(22-47)43-35(48)8-2/h1,8,13,15,17-19,24,27-28H,2,9-12,14,16,20-23H2,3-6H3,(H,43,48)/t27-,28?,40+/m1/s1. The third kappa shape index (κ3) is 7.61. The molecule has 1 N–H and O–H groups in total. The second-order valence-corrected chi connectivity index (χ2v) is 14.4. The van der Waals surface area contributed by atoms with Gasteiger partial charge in [-0.25, -0.2) is 8.78 Å². The number of anilines is 1. The molecule has 3 atom stereocenters. The molecule has 11 heteroatoms. The summed E-state index contributed by atoms with van der Waals surface area (Å²) in [7, 11) is 1.89. The number of terminal acetylenes is 1. The minimum atomic E-state index is -0.947. The molecule has 3 heterocycles. The van der Waals surface area contributed by atoms with Gasteiger partial charge in [0.2, 0.25) is 5.91 Å². The largest absolute Gasteiger partial charge is 0.461 e. The number of likely N-dealkylation sites (N-methyl/N-ethyl adjacent to an activating group) is 1. The summed E-state index contributed by atoms with van der Waals surface area (Å²) >= 11 is 0. The first-order chi connectivity index (χ1) is 24.4. The molecule has 268 valence electrons. The van der Waals surface area contributed by atoms with Gasteiger partial charge in [0.1, 0.15) is 30.2 Å². The van der Waals surface area contributed by atoms with Gasteiger partial charge in [-0.3, -0.25) is 14.5 Å². The smallest absolute Gasteiger partial charge is 0.318 e. The SMILES string of the molecule is C#Cc1c(F)ccc2cc(OC(=O)C(C)C)cc(C3=Cc4nc(OC[C@]5(C)C[C@@H](F)CN5C)nc(N5CCCCC(NC(=O)C=C)C5)c4CC3)c12. The molecular formula is C40H45F2N5O4. The van der Waals surface area contributed by atoms with Crippen molar-refractivity contribution in [1.82, 2.24) is 20.2 Å². The summed E-state index contributed by atoms with van der Waals surface area (Å²) < 4.78 is 41.6. The number of likely N-dealkylation sites (tertiary alicyclic amines) is 1. The summed E-state index contributed by atoms with van der Waals surface area (Å²) in [6, 6.07) is 6.46. The van der Waals surface area contributed by atoms with E-state index in [4.69, 9.17) is 25.9 Å². The number of carbonyl (C=O) groups excluding carboxylic acids is 2. The monoisotopic (exact) mass is 697 g/mol. The van der Waals surface area contributed by atoms with Crippen molar-refractivity contribution in [3.8, 4) is 24.1 Å². The topological polar surface area (TPSA) is 96.9 Å². The van der Waals surface area contributed by atoms with E-state index in [0.717, 1.165) is 42.8 Å². The number of carbonyl (C=O) groups is 2. The molecule has 0 saturated carbocycles. The molecule has 2 fully saturated rings. The van der Waals surface area contributed by atoms with Crippen LogP contribution in [0.3, 0.4) is 0 Å². The Morgan fingerprint density at radius 3 is 2.73 bits per heavy atom. The van der Waals surface area contributed by atoms with Crippen LogP contribution in [0.2, 0.25) is 0 Å². The van der Waals surface area contributed by atoms with Crippen LogP contribution in [0.1, 0.15) is 75.3 Å². The first kappa shape index (κ1) is 36.0. The van der Waals surface area contributed by atoms with Crippen LogP contribution in [0.25, 0.3) is 22.4 Å². The van der Waals surface area contributed by atoms with Crippen LogP contribution in [-0.2, 0) is 16.0 Å². The number of amides is 1. The van der Waals surface area contributed by atoms with Crippen LogP contribution >= 0.6 is 0 Å². The quantitative estimate of drug-likeness (QED) is 0.121. The third-order valence-electron chi connectivity index (χ3n) is 10.2. The summed E-state index contributed by atoms with van der Waals surface area (Å²) in [6.45, 7) is 10.9. The van der Waals surface area contributed by atoms with E-state index in [-0.39, 0.29) is 42.0 Å². The highest BCUT2D eigenvalue weighted by Gasteiger charge is 2.41. The van der Waals surface area contributed by atoms with Crippen LogP contribution in [0.4, 0.5) is 14.6 Å². The van der Waals surface area contributed by atoms with Crippen molar-refractivity contribution in [2.45, 2.75) is 77.0 Å². The summed E-state index contributed by atoms with van der Waals surface area (Å²) in [5.41, 5.74) is 2.63. The van der Waals surface area contributed by atoms with Gasteiger partial charge >= 0.3 is 12.0 Å². The van der Waals surface area contributed by atoms with Gasteiger partial charge in [-0.05, 0) is 92.9 Å². The maximum Gasteiger partial charge on any atom is 0.318 e. The zero-order valence-electron chi connectivity index (χ0n) is 29.7. The first-order valence-electron chi connectivity index (χ1n) is 17.6. The van der Waals surface area contributed by atoms with Gasteiger partial charge in [0, 0.05) is 43.0 Å². The van der Waals surface area contributed by atoms with Crippen LogP contribution in [0.5, 0.6) is 11.8 Å². The van der Waals surface area contributed by atoms with Crippen molar-refractivity contribution in [3.05, 3.63) is 65.1 Å². The second kappa shape index (κ2) is 14.8. The van der Waals surface area contributed by atoms with Gasteiger partial charge in [-0.2, -0.15) is 9.97 Å². The maximum absolute atomic E-state index is 15.1. The Hall–Kier alpha value is -4.82. The number of nitrogens with one attached hydrogen (secondary N) is 1. The lowest BCUT2D eigenvalue weighted by atomic mass is 9.87. The van der Waals surface area contributed by atoms with Crippen molar-refractivity contribution in [1.29, 1.82) is 0 Å². The van der Waals surface area contributed by atoms with Gasteiger partial charge in [0.15, 0.2) is 0 Å². The average molecular weight is 698 g/mol. The highest BCUT2D eigenvalue weighted by Crippen LogP contribution is 2.41. The average Bonchev–Trinajstić information content (AvgIpc) is 3.23. The summed E-state index contributed by atoms with van der Waals surface area (Å²) in [4.78, 5) is 38.9. The Morgan fingerprint density at radius 1 is 1.22 bits per heavy atom. The van der Waals surface area contributed by atoms with Crippen molar-refractivity contribution < 1.29 is 27.8 Å². The third-order valence-corrected chi connectivity index (χ3v) is 10.2. The summed E-state index contributed by atoms with van der Waals surface area (Å²) in [6.07, 6.45) is 12.2. The van der Waals surface area contributed by atoms with Gasteiger partial charge in [0.25, 0.3) is 0 Å². The zero-order chi connectivity index (χ0) is 36.4. The minimum absolute atomic E-state index is 0.102. The highest BCUT2D eigenvalue weighted by atomic mass is 19.1. The molecular weight excluding hydrogens is 652 g/mol. The van der Waals surface area contributed by atoms with Gasteiger partial charge in [-0.1, -0.05) is 32.4 Å². The number of nitrogens with zero attached hydrogens (tertiary/aromatic N) is 4. The number of aromatic nitrogens is 2. The van der Waals surface area contributed by atoms with Crippen LogP contribution in [0.15, 0.2) is 36.9 Å². The summed E-state index contributed by atoms with van der Waals surface area (Å²) in [5.74, 6) is 2.11. The van der Waals surface area contributed by atoms with Gasteiger partial charge in [-0.15, -0.1) is 6.42 Å². The van der Waals surface area contributed by atoms with Crippen LogP contribution < -0.4 is 19.7 Å². The molecule has 2 saturated heterocycles. The number of halogens is 2. The van der Waals surface area contributed by atoms with E-state index in [1.807, 2.05) is 24.9 Å². The number of rotatable bonds is 9. The molecule has 0 radical (unpaired) electrons. The van der Waals surface area contributed by atoms with E-state index in [1.54, 1.807) is 32.0 Å². The molecule has 1 aliphatic carbocycles. The second-order valence-electron chi connectivity index (χ2n) is 14.4. The molecule has 6 rings (SSSR count). The molecule has 2 aromatic carbocycles. The Kier molecular flexibility index (Phi) is 10.4. The minimum Gasteiger partial charge on any atom is -0.461 e. The molecule has 9 nitrogen and oxygen atoms in total. The number of allylic oxidation sites excluding steroid dienone is 1. The summed E-state index contributed by atoms with van der Waals surface area (Å²) in [5, 5.41) is 4.25. The highest BCUT2D eigenvalue weighted by molar-refractivity contribution is 6.02. The van der Waals surface area contributed by atoms with E-state index in [9.17, 15) is 14.0 Å². The zero-order valence-corrected chi connectivity index (χ0v) is 29.7. The van der Waals surface area contributed by atoms with E-state index in [0.29, 0.717) is 60.1 Å². The van der Waals surface area contributed by atoms with E-state index in [2.05, 4.69) is 22.7 Å².